The third kappa shape index (κ3) is 2.19. The zero-order chi connectivity index (χ0) is 17.8. The van der Waals surface area contributed by atoms with E-state index in [1.54, 1.807) is 41.3 Å². The number of fused-ring (bicyclic) bond motifs is 1. The molecule has 0 radical (unpaired) electrons. The van der Waals surface area contributed by atoms with E-state index in [2.05, 4.69) is 6.07 Å². The Morgan fingerprint density at radius 1 is 1.32 bits per heavy atom. The van der Waals surface area contributed by atoms with Crippen LogP contribution in [0.25, 0.3) is 0 Å². The fraction of sp³-hybridized carbons (Fsp3) is 0.316. The molecule has 2 aliphatic rings. The number of carbonyl (C=O) groups is 2. The molecule has 1 N–H and O–H groups in total. The van der Waals surface area contributed by atoms with Crippen molar-refractivity contribution < 1.29 is 14.7 Å². The molecule has 1 amide bonds. The van der Waals surface area contributed by atoms with Crippen molar-refractivity contribution >= 4 is 23.2 Å². The molecule has 2 aromatic rings. The summed E-state index contributed by atoms with van der Waals surface area (Å²) < 4.78 is 0. The van der Waals surface area contributed by atoms with Gasteiger partial charge in [-0.1, -0.05) is 18.2 Å². The molecule has 2 atom stereocenters. The number of thiophene rings is 1. The van der Waals surface area contributed by atoms with Gasteiger partial charge in [-0.2, -0.15) is 5.26 Å². The van der Waals surface area contributed by atoms with Crippen LogP contribution in [0.2, 0.25) is 0 Å². The average Bonchev–Trinajstić information content (AvgIpc) is 3.29. The molecule has 1 aliphatic carbocycles. The topological polar surface area (TPSA) is 81.4 Å². The summed E-state index contributed by atoms with van der Waals surface area (Å²) in [5.41, 5.74) is 0.0146. The van der Waals surface area contributed by atoms with Crippen LogP contribution in [-0.4, -0.2) is 27.9 Å². The summed E-state index contributed by atoms with van der Waals surface area (Å²) in [7, 11) is 0. The highest BCUT2D eigenvalue weighted by atomic mass is 32.1. The smallest absolute Gasteiger partial charge is 0.313 e. The van der Waals surface area contributed by atoms with Crippen LogP contribution in [0.1, 0.15) is 51.4 Å². The van der Waals surface area contributed by atoms with Crippen LogP contribution in [-0.2, 0) is 10.3 Å². The Labute approximate surface area is 149 Å². The lowest BCUT2D eigenvalue weighted by atomic mass is 9.72. The minimum Gasteiger partial charge on any atom is -0.481 e. The number of nitriles is 1. The van der Waals surface area contributed by atoms with Crippen LogP contribution in [0, 0.1) is 11.3 Å². The van der Waals surface area contributed by atoms with E-state index in [1.165, 1.54) is 11.3 Å². The zero-order valence-electron chi connectivity index (χ0n) is 13.6. The molecule has 1 aromatic heterocycles. The Kier molecular flexibility index (Phi) is 3.44. The average molecular weight is 352 g/mol. The van der Waals surface area contributed by atoms with E-state index in [9.17, 15) is 14.7 Å². The molecule has 5 nitrogen and oxygen atoms in total. The zero-order valence-corrected chi connectivity index (χ0v) is 14.4. The van der Waals surface area contributed by atoms with Crippen LogP contribution >= 0.6 is 11.3 Å². The minimum absolute atomic E-state index is 0.0559. The van der Waals surface area contributed by atoms with E-state index in [-0.39, 0.29) is 11.9 Å². The molecule has 0 spiro atoms. The third-order valence-corrected chi connectivity index (χ3v) is 6.37. The number of amides is 1. The molecule has 1 aliphatic heterocycles. The van der Waals surface area contributed by atoms with Gasteiger partial charge in [-0.15, -0.1) is 11.3 Å². The molecule has 0 saturated heterocycles. The first-order valence-electron chi connectivity index (χ1n) is 8.14. The van der Waals surface area contributed by atoms with Crippen molar-refractivity contribution in [2.24, 2.45) is 0 Å². The predicted molar refractivity (Wildman–Crippen MR) is 92.4 cm³/mol. The molecule has 1 fully saturated rings. The second-order valence-corrected chi connectivity index (χ2v) is 7.77. The fourth-order valence-corrected chi connectivity index (χ4v) is 4.89. The molecule has 1 aromatic carbocycles. The first-order chi connectivity index (χ1) is 12.0. The number of benzene rings is 1. The number of aliphatic carboxylic acids is 1. The van der Waals surface area contributed by atoms with Crippen molar-refractivity contribution in [1.29, 1.82) is 5.26 Å². The van der Waals surface area contributed by atoms with Crippen molar-refractivity contribution in [3.05, 3.63) is 57.3 Å². The monoisotopic (exact) mass is 352 g/mol. The maximum absolute atomic E-state index is 13.2. The van der Waals surface area contributed by atoms with E-state index >= 15 is 0 Å². The van der Waals surface area contributed by atoms with Crippen LogP contribution in [0.5, 0.6) is 0 Å². The molecule has 126 valence electrons. The van der Waals surface area contributed by atoms with Gasteiger partial charge in [-0.05, 0) is 43.5 Å². The standard InChI is InChI=1S/C19H16N2O3S/c1-19(15-9-8-12(10-20)25-15)16(18(23)24)13-4-2-3-5-14(13)17(22)21(19)11-6-7-11/h2-5,8-9,11,16H,6-7H2,1H3,(H,23,24). The number of nitrogens with zero attached hydrogens (tertiary/aromatic N) is 2. The lowest BCUT2D eigenvalue weighted by Gasteiger charge is -2.48. The number of carboxylic acids is 1. The molecular weight excluding hydrogens is 336 g/mol. The van der Waals surface area contributed by atoms with E-state index in [4.69, 9.17) is 5.26 Å². The molecular formula is C19H16N2O3S. The van der Waals surface area contributed by atoms with E-state index < -0.39 is 17.4 Å². The summed E-state index contributed by atoms with van der Waals surface area (Å²) in [4.78, 5) is 28.5. The molecule has 2 heterocycles. The molecule has 2 unspecified atom stereocenters. The van der Waals surface area contributed by atoms with Gasteiger partial charge in [0, 0.05) is 16.5 Å². The first-order valence-corrected chi connectivity index (χ1v) is 8.96. The van der Waals surface area contributed by atoms with Gasteiger partial charge in [0.2, 0.25) is 0 Å². The first kappa shape index (κ1) is 15.9. The molecule has 0 bridgehead atoms. The van der Waals surface area contributed by atoms with Gasteiger partial charge in [0.1, 0.15) is 16.9 Å². The summed E-state index contributed by atoms with van der Waals surface area (Å²) in [6, 6.07) is 12.6. The summed E-state index contributed by atoms with van der Waals surface area (Å²) in [6.45, 7) is 1.82. The van der Waals surface area contributed by atoms with Gasteiger partial charge in [0.05, 0.1) is 5.54 Å². The summed E-state index contributed by atoms with van der Waals surface area (Å²) in [6.07, 6.45) is 1.76. The summed E-state index contributed by atoms with van der Waals surface area (Å²) >= 11 is 1.27. The van der Waals surface area contributed by atoms with E-state index in [1.807, 2.05) is 6.92 Å². The Morgan fingerprint density at radius 2 is 2.04 bits per heavy atom. The second kappa shape index (κ2) is 5.43. The Morgan fingerprint density at radius 3 is 2.64 bits per heavy atom. The number of hydrogen-bond acceptors (Lipinski definition) is 4. The quantitative estimate of drug-likeness (QED) is 0.919. The maximum atomic E-state index is 13.2. The van der Waals surface area contributed by atoms with Gasteiger partial charge in [0.15, 0.2) is 0 Å². The van der Waals surface area contributed by atoms with Crippen LogP contribution in [0.15, 0.2) is 36.4 Å². The molecule has 1 saturated carbocycles. The van der Waals surface area contributed by atoms with Crippen molar-refractivity contribution in [3.8, 4) is 6.07 Å². The van der Waals surface area contributed by atoms with Crippen molar-refractivity contribution in [1.82, 2.24) is 4.90 Å². The minimum atomic E-state index is -1.00. The van der Waals surface area contributed by atoms with Gasteiger partial charge >= 0.3 is 5.97 Å². The largest absolute Gasteiger partial charge is 0.481 e. The molecule has 4 rings (SSSR count). The van der Waals surface area contributed by atoms with E-state index in [0.29, 0.717) is 16.0 Å². The molecule has 25 heavy (non-hydrogen) atoms. The summed E-state index contributed by atoms with van der Waals surface area (Å²) in [5.74, 6) is -1.95. The summed E-state index contributed by atoms with van der Waals surface area (Å²) in [5, 5.41) is 19.2. The Balaban J connectivity index is 1.99. The lowest BCUT2D eigenvalue weighted by molar-refractivity contribution is -0.143. The van der Waals surface area contributed by atoms with Gasteiger partial charge in [0.25, 0.3) is 5.91 Å². The van der Waals surface area contributed by atoms with E-state index in [0.717, 1.165) is 17.7 Å². The Bertz CT molecular complexity index is 925. The second-order valence-electron chi connectivity index (χ2n) is 6.69. The van der Waals surface area contributed by atoms with Crippen molar-refractivity contribution in [3.63, 3.8) is 0 Å². The highest BCUT2D eigenvalue weighted by Gasteiger charge is 2.57. The number of carbonyl (C=O) groups excluding carboxylic acids is 1. The number of hydrogen-bond donors (Lipinski definition) is 1. The SMILES string of the molecule is CC1(c2ccc(C#N)s2)C(C(=O)O)c2ccccc2C(=O)N1C1CC1. The lowest BCUT2D eigenvalue weighted by Crippen LogP contribution is -2.57. The van der Waals surface area contributed by atoms with Crippen molar-refractivity contribution in [2.75, 3.05) is 0 Å². The number of rotatable bonds is 3. The van der Waals surface area contributed by atoms with Gasteiger partial charge < -0.3 is 10.0 Å². The number of carboxylic acid groups (broad SMARTS) is 1. The fourth-order valence-electron chi connectivity index (χ4n) is 3.91. The van der Waals surface area contributed by atoms with Gasteiger partial charge in [-0.25, -0.2) is 0 Å². The predicted octanol–water partition coefficient (Wildman–Crippen LogP) is 3.32. The highest BCUT2D eigenvalue weighted by Crippen LogP contribution is 2.53. The highest BCUT2D eigenvalue weighted by molar-refractivity contribution is 7.12. The normalized spacial score (nSPS) is 25.4. The van der Waals surface area contributed by atoms with Crippen LogP contribution < -0.4 is 0 Å². The van der Waals surface area contributed by atoms with Crippen molar-refractivity contribution in [2.45, 2.75) is 37.3 Å². The maximum Gasteiger partial charge on any atom is 0.313 e. The van der Waals surface area contributed by atoms with Gasteiger partial charge in [-0.3, -0.25) is 9.59 Å². The molecule has 6 heteroatoms. The third-order valence-electron chi connectivity index (χ3n) is 5.16. The van der Waals surface area contributed by atoms with Crippen LogP contribution in [0.4, 0.5) is 0 Å². The van der Waals surface area contributed by atoms with Crippen LogP contribution in [0.3, 0.4) is 0 Å². The Hall–Kier alpha value is -2.65.